The van der Waals surface area contributed by atoms with Crippen LogP contribution in [0.25, 0.3) is 0 Å². The number of anilines is 1. The van der Waals surface area contributed by atoms with Gasteiger partial charge in [0.05, 0.1) is 33.3 Å². The fraction of sp³-hybridized carbons (Fsp3) is 0.350. The summed E-state index contributed by atoms with van der Waals surface area (Å²) < 4.78 is 41.5. The first-order chi connectivity index (χ1) is 13.7. The highest BCUT2D eigenvalue weighted by Crippen LogP contribution is 2.33. The number of carbonyl (C=O) groups excluding carboxylic acids is 1. The van der Waals surface area contributed by atoms with E-state index in [0.29, 0.717) is 22.9 Å². The minimum absolute atomic E-state index is 0.261. The SMILES string of the molecule is COc1ccc(CNC(=O)[C@H](C)N(c2ccc(OC)c(OC)c2)S(C)(=O)=O)cc1. The zero-order chi connectivity index (χ0) is 21.6. The molecule has 1 atom stereocenters. The van der Waals surface area contributed by atoms with Crippen LogP contribution in [0.1, 0.15) is 12.5 Å². The molecular weight excluding hydrogens is 396 g/mol. The van der Waals surface area contributed by atoms with Crippen molar-refractivity contribution < 1.29 is 27.4 Å². The van der Waals surface area contributed by atoms with Crippen LogP contribution in [0.2, 0.25) is 0 Å². The number of hydrogen-bond donors (Lipinski definition) is 1. The Labute approximate surface area is 171 Å². The van der Waals surface area contributed by atoms with E-state index < -0.39 is 22.0 Å². The molecule has 158 valence electrons. The Kier molecular flexibility index (Phi) is 7.33. The molecule has 0 unspecified atom stereocenters. The maximum absolute atomic E-state index is 12.7. The van der Waals surface area contributed by atoms with Crippen molar-refractivity contribution in [1.29, 1.82) is 0 Å². The lowest BCUT2D eigenvalue weighted by molar-refractivity contribution is -0.122. The molecule has 2 aromatic carbocycles. The highest BCUT2D eigenvalue weighted by molar-refractivity contribution is 7.92. The number of sulfonamides is 1. The second-order valence-electron chi connectivity index (χ2n) is 6.34. The van der Waals surface area contributed by atoms with Crippen LogP contribution >= 0.6 is 0 Å². The van der Waals surface area contributed by atoms with Gasteiger partial charge >= 0.3 is 0 Å². The number of ether oxygens (including phenoxy) is 3. The predicted molar refractivity (Wildman–Crippen MR) is 111 cm³/mol. The third-order valence-electron chi connectivity index (χ3n) is 4.34. The van der Waals surface area contributed by atoms with Crippen LogP contribution in [0.3, 0.4) is 0 Å². The van der Waals surface area contributed by atoms with Gasteiger partial charge in [0.15, 0.2) is 11.5 Å². The number of nitrogens with one attached hydrogen (secondary N) is 1. The van der Waals surface area contributed by atoms with E-state index in [1.54, 1.807) is 31.4 Å². The van der Waals surface area contributed by atoms with Crippen molar-refractivity contribution >= 4 is 21.6 Å². The minimum atomic E-state index is -3.74. The fourth-order valence-electron chi connectivity index (χ4n) is 2.85. The molecule has 0 aliphatic rings. The molecule has 9 heteroatoms. The van der Waals surface area contributed by atoms with Gasteiger partial charge in [-0.15, -0.1) is 0 Å². The zero-order valence-electron chi connectivity index (χ0n) is 17.1. The largest absolute Gasteiger partial charge is 0.497 e. The first kappa shape index (κ1) is 22.4. The quantitative estimate of drug-likeness (QED) is 0.666. The summed E-state index contributed by atoms with van der Waals surface area (Å²) in [5, 5.41) is 2.77. The smallest absolute Gasteiger partial charge is 0.243 e. The van der Waals surface area contributed by atoms with Gasteiger partial charge < -0.3 is 19.5 Å². The summed E-state index contributed by atoms with van der Waals surface area (Å²) in [5.74, 6) is 1.11. The molecule has 29 heavy (non-hydrogen) atoms. The summed E-state index contributed by atoms with van der Waals surface area (Å²) >= 11 is 0. The lowest BCUT2D eigenvalue weighted by Crippen LogP contribution is -2.47. The van der Waals surface area contributed by atoms with Gasteiger partial charge in [0.2, 0.25) is 15.9 Å². The molecule has 0 aliphatic heterocycles. The van der Waals surface area contributed by atoms with E-state index in [4.69, 9.17) is 14.2 Å². The van der Waals surface area contributed by atoms with Crippen molar-refractivity contribution in [3.05, 3.63) is 48.0 Å². The molecule has 0 radical (unpaired) electrons. The van der Waals surface area contributed by atoms with E-state index in [1.807, 2.05) is 12.1 Å². The van der Waals surface area contributed by atoms with Gasteiger partial charge in [-0.25, -0.2) is 8.42 Å². The third kappa shape index (κ3) is 5.54. The number of hydrogen-bond acceptors (Lipinski definition) is 6. The fourth-order valence-corrected chi connectivity index (χ4v) is 4.02. The number of nitrogens with zero attached hydrogens (tertiary/aromatic N) is 1. The molecule has 0 aromatic heterocycles. The van der Waals surface area contributed by atoms with E-state index >= 15 is 0 Å². The molecule has 0 fully saturated rings. The molecule has 0 saturated carbocycles. The standard InChI is InChI=1S/C20H26N2O6S/c1-14(20(23)21-13-15-6-9-17(26-2)10-7-15)22(29(5,24)25)16-8-11-18(27-3)19(12-16)28-4/h6-12,14H,13H2,1-5H3,(H,21,23)/t14-/m0/s1. The van der Waals surface area contributed by atoms with E-state index in [0.717, 1.165) is 16.1 Å². The molecule has 2 rings (SSSR count). The normalized spacial score (nSPS) is 12.0. The molecule has 1 N–H and O–H groups in total. The highest BCUT2D eigenvalue weighted by Gasteiger charge is 2.29. The van der Waals surface area contributed by atoms with Crippen LogP contribution in [-0.4, -0.2) is 48.0 Å². The summed E-state index contributed by atoms with van der Waals surface area (Å²) in [6.45, 7) is 1.79. The topological polar surface area (TPSA) is 94.2 Å². The Morgan fingerprint density at radius 2 is 1.62 bits per heavy atom. The average Bonchev–Trinajstić information content (AvgIpc) is 2.71. The molecule has 0 bridgehead atoms. The number of methoxy groups -OCH3 is 3. The molecule has 1 amide bonds. The number of amides is 1. The summed E-state index contributed by atoms with van der Waals surface area (Å²) in [5.41, 5.74) is 1.17. The van der Waals surface area contributed by atoms with E-state index in [2.05, 4.69) is 5.32 Å². The van der Waals surface area contributed by atoms with Gasteiger partial charge in [-0.2, -0.15) is 0 Å². The van der Waals surface area contributed by atoms with Crippen LogP contribution in [0.4, 0.5) is 5.69 Å². The highest BCUT2D eigenvalue weighted by atomic mass is 32.2. The Morgan fingerprint density at radius 3 is 2.14 bits per heavy atom. The van der Waals surface area contributed by atoms with Gasteiger partial charge in [0, 0.05) is 12.6 Å². The zero-order valence-corrected chi connectivity index (χ0v) is 17.9. The monoisotopic (exact) mass is 422 g/mol. The first-order valence-electron chi connectivity index (χ1n) is 8.83. The molecule has 2 aromatic rings. The van der Waals surface area contributed by atoms with Crippen LogP contribution in [-0.2, 0) is 21.4 Å². The van der Waals surface area contributed by atoms with Gasteiger partial charge in [0.1, 0.15) is 11.8 Å². The third-order valence-corrected chi connectivity index (χ3v) is 5.58. The maximum Gasteiger partial charge on any atom is 0.243 e. The van der Waals surface area contributed by atoms with E-state index in [1.165, 1.54) is 27.2 Å². The predicted octanol–water partition coefficient (Wildman–Crippen LogP) is 2.18. The lowest BCUT2D eigenvalue weighted by Gasteiger charge is -2.28. The van der Waals surface area contributed by atoms with Crippen LogP contribution in [0, 0.1) is 0 Å². The van der Waals surface area contributed by atoms with E-state index in [9.17, 15) is 13.2 Å². The molecule has 0 heterocycles. The molecular formula is C20H26N2O6S. The summed E-state index contributed by atoms with van der Waals surface area (Å²) in [7, 11) is 0.780. The number of rotatable bonds is 9. The summed E-state index contributed by atoms with van der Waals surface area (Å²) in [6, 6.07) is 10.9. The number of carbonyl (C=O) groups is 1. The average molecular weight is 423 g/mol. The van der Waals surface area contributed by atoms with Crippen molar-refractivity contribution in [2.24, 2.45) is 0 Å². The Morgan fingerprint density at radius 1 is 1.00 bits per heavy atom. The summed E-state index contributed by atoms with van der Waals surface area (Å²) in [4.78, 5) is 12.7. The summed E-state index contributed by atoms with van der Waals surface area (Å²) in [6.07, 6.45) is 1.05. The molecule has 0 saturated heterocycles. The van der Waals surface area contributed by atoms with Crippen LogP contribution in [0.15, 0.2) is 42.5 Å². The van der Waals surface area contributed by atoms with Crippen molar-refractivity contribution in [2.75, 3.05) is 31.9 Å². The van der Waals surface area contributed by atoms with Gasteiger partial charge in [-0.05, 0) is 36.8 Å². The second kappa shape index (κ2) is 9.51. The second-order valence-corrected chi connectivity index (χ2v) is 8.20. The lowest BCUT2D eigenvalue weighted by atomic mass is 10.2. The van der Waals surface area contributed by atoms with Crippen molar-refractivity contribution in [3.8, 4) is 17.2 Å². The van der Waals surface area contributed by atoms with Gasteiger partial charge in [0.25, 0.3) is 0 Å². The van der Waals surface area contributed by atoms with Gasteiger partial charge in [-0.3, -0.25) is 9.10 Å². The Hall–Kier alpha value is -2.94. The molecule has 0 aliphatic carbocycles. The minimum Gasteiger partial charge on any atom is -0.497 e. The molecule has 0 spiro atoms. The van der Waals surface area contributed by atoms with Gasteiger partial charge in [-0.1, -0.05) is 12.1 Å². The Balaban J connectivity index is 2.22. The van der Waals surface area contributed by atoms with Crippen LogP contribution in [0.5, 0.6) is 17.2 Å². The van der Waals surface area contributed by atoms with Crippen molar-refractivity contribution in [2.45, 2.75) is 19.5 Å². The maximum atomic E-state index is 12.7. The molecule has 8 nitrogen and oxygen atoms in total. The number of benzene rings is 2. The van der Waals surface area contributed by atoms with Crippen LogP contribution < -0.4 is 23.8 Å². The van der Waals surface area contributed by atoms with Crippen molar-refractivity contribution in [3.63, 3.8) is 0 Å². The van der Waals surface area contributed by atoms with Crippen molar-refractivity contribution in [1.82, 2.24) is 5.32 Å². The Bertz CT molecular complexity index is 944. The van der Waals surface area contributed by atoms with E-state index in [-0.39, 0.29) is 6.54 Å². The first-order valence-corrected chi connectivity index (χ1v) is 10.7.